The molecule has 1 aliphatic rings. The third kappa shape index (κ3) is 6.04. The highest BCUT2D eigenvalue weighted by Crippen LogP contribution is 2.16. The predicted molar refractivity (Wildman–Crippen MR) is 103 cm³/mol. The van der Waals surface area contributed by atoms with Crippen LogP contribution in [0.1, 0.15) is 30.4 Å². The molecule has 26 heavy (non-hydrogen) atoms. The van der Waals surface area contributed by atoms with Crippen molar-refractivity contribution in [3.63, 3.8) is 0 Å². The first-order chi connectivity index (χ1) is 12.7. The van der Waals surface area contributed by atoms with Crippen LogP contribution in [-0.4, -0.2) is 25.6 Å². The molecule has 5 heteroatoms. The summed E-state index contributed by atoms with van der Waals surface area (Å²) < 4.78 is 5.44. The standard InChI is InChI=1S/C21H25ClN2O2/c22-19-5-4-6-20(13-19)26-16-21(25)23-14-17-7-9-18(10-8-17)15-24-11-2-1-3-12-24/h4-10,13H,1-3,11-12,14-16H2,(H,23,25)/p+1. The summed E-state index contributed by atoms with van der Waals surface area (Å²) in [4.78, 5) is 13.6. The highest BCUT2D eigenvalue weighted by molar-refractivity contribution is 6.30. The van der Waals surface area contributed by atoms with Gasteiger partial charge in [-0.25, -0.2) is 0 Å². The van der Waals surface area contributed by atoms with E-state index < -0.39 is 0 Å². The lowest BCUT2D eigenvalue weighted by molar-refractivity contribution is -0.918. The number of piperidine rings is 1. The molecule has 0 bridgehead atoms. The first kappa shape index (κ1) is 18.7. The molecule has 4 nitrogen and oxygen atoms in total. The maximum Gasteiger partial charge on any atom is 0.258 e. The highest BCUT2D eigenvalue weighted by Gasteiger charge is 2.13. The van der Waals surface area contributed by atoms with E-state index in [0.717, 1.165) is 12.1 Å². The summed E-state index contributed by atoms with van der Waals surface area (Å²) in [5.74, 6) is 0.448. The molecule has 2 N–H and O–H groups in total. The monoisotopic (exact) mass is 373 g/mol. The fourth-order valence-corrected chi connectivity index (χ4v) is 3.43. The molecule has 0 aliphatic carbocycles. The van der Waals surface area contributed by atoms with Crippen LogP contribution >= 0.6 is 11.6 Å². The normalized spacial score (nSPS) is 14.8. The smallest absolute Gasteiger partial charge is 0.258 e. The van der Waals surface area contributed by atoms with Gasteiger partial charge >= 0.3 is 0 Å². The van der Waals surface area contributed by atoms with Crippen molar-refractivity contribution in [3.05, 3.63) is 64.7 Å². The van der Waals surface area contributed by atoms with Gasteiger partial charge in [-0.15, -0.1) is 0 Å². The summed E-state index contributed by atoms with van der Waals surface area (Å²) in [6, 6.07) is 15.6. The van der Waals surface area contributed by atoms with Crippen molar-refractivity contribution in [2.75, 3.05) is 19.7 Å². The molecule has 3 rings (SSSR count). The van der Waals surface area contributed by atoms with Crippen molar-refractivity contribution in [2.24, 2.45) is 0 Å². The molecule has 0 saturated carbocycles. The minimum atomic E-state index is -0.146. The Balaban J connectivity index is 1.40. The third-order valence-electron chi connectivity index (χ3n) is 4.69. The van der Waals surface area contributed by atoms with E-state index in [9.17, 15) is 4.79 Å². The van der Waals surface area contributed by atoms with Crippen molar-refractivity contribution < 1.29 is 14.4 Å². The van der Waals surface area contributed by atoms with Gasteiger partial charge in [0.15, 0.2) is 6.61 Å². The van der Waals surface area contributed by atoms with Crippen LogP contribution in [0.25, 0.3) is 0 Å². The summed E-state index contributed by atoms with van der Waals surface area (Å²) in [5.41, 5.74) is 2.46. The number of amides is 1. The third-order valence-corrected chi connectivity index (χ3v) is 4.93. The molecule has 1 aliphatic heterocycles. The number of nitrogens with one attached hydrogen (secondary N) is 2. The topological polar surface area (TPSA) is 42.8 Å². The quantitative estimate of drug-likeness (QED) is 0.783. The Morgan fingerprint density at radius 3 is 2.50 bits per heavy atom. The number of hydrogen-bond donors (Lipinski definition) is 2. The number of carbonyl (C=O) groups is 1. The molecule has 2 aromatic carbocycles. The van der Waals surface area contributed by atoms with Gasteiger partial charge in [0.05, 0.1) is 13.1 Å². The Labute approximate surface area is 160 Å². The van der Waals surface area contributed by atoms with Crippen molar-refractivity contribution >= 4 is 17.5 Å². The predicted octanol–water partition coefficient (Wildman–Crippen LogP) is 2.60. The summed E-state index contributed by atoms with van der Waals surface area (Å²) in [6.07, 6.45) is 4.07. The van der Waals surface area contributed by atoms with Crippen molar-refractivity contribution in [1.82, 2.24) is 5.32 Å². The molecule has 1 fully saturated rings. The van der Waals surface area contributed by atoms with Gasteiger partial charge in [0.1, 0.15) is 12.3 Å². The second-order valence-electron chi connectivity index (χ2n) is 6.83. The number of carbonyl (C=O) groups excluding carboxylic acids is 1. The molecular formula is C21H26ClN2O2+. The SMILES string of the molecule is O=C(COc1cccc(Cl)c1)NCc1ccc(C[NH+]2CCCCC2)cc1. The lowest BCUT2D eigenvalue weighted by Gasteiger charge is -2.23. The van der Waals surface area contributed by atoms with Crippen LogP contribution in [0.2, 0.25) is 5.02 Å². The van der Waals surface area contributed by atoms with E-state index in [1.165, 1.54) is 37.9 Å². The number of rotatable bonds is 7. The number of ether oxygens (including phenoxy) is 1. The first-order valence-electron chi connectivity index (χ1n) is 9.25. The molecule has 0 unspecified atom stereocenters. The summed E-state index contributed by atoms with van der Waals surface area (Å²) in [7, 11) is 0. The minimum Gasteiger partial charge on any atom is -0.484 e. The van der Waals surface area contributed by atoms with Gasteiger partial charge in [0, 0.05) is 17.1 Å². The van der Waals surface area contributed by atoms with Crippen molar-refractivity contribution in [2.45, 2.75) is 32.4 Å². The molecule has 138 valence electrons. The molecular weight excluding hydrogens is 348 g/mol. The molecule has 0 radical (unpaired) electrons. The van der Waals surface area contributed by atoms with E-state index in [0.29, 0.717) is 17.3 Å². The van der Waals surface area contributed by atoms with E-state index in [1.54, 1.807) is 29.2 Å². The van der Waals surface area contributed by atoms with Gasteiger partial charge in [-0.1, -0.05) is 41.9 Å². The van der Waals surface area contributed by atoms with E-state index in [-0.39, 0.29) is 12.5 Å². The van der Waals surface area contributed by atoms with Gasteiger partial charge in [-0.05, 0) is 43.0 Å². The number of hydrogen-bond acceptors (Lipinski definition) is 2. The minimum absolute atomic E-state index is 0.0171. The number of likely N-dealkylation sites (tertiary alicyclic amines) is 1. The number of quaternary nitrogens is 1. The van der Waals surface area contributed by atoms with Crippen LogP contribution in [0.4, 0.5) is 0 Å². The fraction of sp³-hybridized carbons (Fsp3) is 0.381. The van der Waals surface area contributed by atoms with E-state index in [1.807, 2.05) is 0 Å². The van der Waals surface area contributed by atoms with Crippen LogP contribution in [0.3, 0.4) is 0 Å². The molecule has 0 atom stereocenters. The molecule has 0 spiro atoms. The summed E-state index contributed by atoms with van der Waals surface area (Å²) in [5, 5.41) is 3.47. The van der Waals surface area contributed by atoms with Gasteiger partial charge < -0.3 is 15.0 Å². The van der Waals surface area contributed by atoms with E-state index in [4.69, 9.17) is 16.3 Å². The Kier molecular flexibility index (Phi) is 6.92. The van der Waals surface area contributed by atoms with Crippen LogP contribution in [-0.2, 0) is 17.9 Å². The Bertz CT molecular complexity index is 712. The van der Waals surface area contributed by atoms with Crippen LogP contribution in [0.5, 0.6) is 5.75 Å². The lowest BCUT2D eigenvalue weighted by atomic mass is 10.1. The highest BCUT2D eigenvalue weighted by atomic mass is 35.5. The molecule has 0 aromatic heterocycles. The van der Waals surface area contributed by atoms with Gasteiger partial charge in [0.2, 0.25) is 0 Å². The average molecular weight is 374 g/mol. The molecule has 1 heterocycles. The van der Waals surface area contributed by atoms with Crippen LogP contribution < -0.4 is 15.0 Å². The zero-order chi connectivity index (χ0) is 18.2. The van der Waals surface area contributed by atoms with Gasteiger partial charge in [0.25, 0.3) is 5.91 Å². The van der Waals surface area contributed by atoms with Crippen molar-refractivity contribution in [3.8, 4) is 5.75 Å². The van der Waals surface area contributed by atoms with E-state index in [2.05, 4.69) is 29.6 Å². The largest absolute Gasteiger partial charge is 0.484 e. The number of halogens is 1. The van der Waals surface area contributed by atoms with E-state index >= 15 is 0 Å². The molecule has 1 amide bonds. The Morgan fingerprint density at radius 2 is 1.77 bits per heavy atom. The summed E-state index contributed by atoms with van der Waals surface area (Å²) >= 11 is 5.89. The number of benzene rings is 2. The summed E-state index contributed by atoms with van der Waals surface area (Å²) in [6.45, 7) is 4.15. The maximum atomic E-state index is 11.9. The van der Waals surface area contributed by atoms with Gasteiger partial charge in [-0.2, -0.15) is 0 Å². The lowest BCUT2D eigenvalue weighted by Crippen LogP contribution is -3.11. The Morgan fingerprint density at radius 1 is 1.04 bits per heavy atom. The Hall–Kier alpha value is -2.04. The fourth-order valence-electron chi connectivity index (χ4n) is 3.25. The molecule has 1 saturated heterocycles. The zero-order valence-electron chi connectivity index (χ0n) is 15.0. The first-order valence-corrected chi connectivity index (χ1v) is 9.63. The zero-order valence-corrected chi connectivity index (χ0v) is 15.7. The van der Waals surface area contributed by atoms with Gasteiger partial charge in [-0.3, -0.25) is 4.79 Å². The second-order valence-corrected chi connectivity index (χ2v) is 7.26. The second kappa shape index (κ2) is 9.60. The van der Waals surface area contributed by atoms with Crippen LogP contribution in [0.15, 0.2) is 48.5 Å². The maximum absolute atomic E-state index is 11.9. The van der Waals surface area contributed by atoms with Crippen LogP contribution in [0, 0.1) is 0 Å². The average Bonchev–Trinajstić information content (AvgIpc) is 2.67. The van der Waals surface area contributed by atoms with Crippen molar-refractivity contribution in [1.29, 1.82) is 0 Å². The molecule has 2 aromatic rings.